The van der Waals surface area contributed by atoms with Crippen molar-refractivity contribution in [2.45, 2.75) is 59.4 Å². The Hall–Kier alpha value is -2.29. The number of anilines is 1. The summed E-state index contributed by atoms with van der Waals surface area (Å²) in [7, 11) is 1.74. The van der Waals surface area contributed by atoms with E-state index in [1.807, 2.05) is 6.21 Å². The van der Waals surface area contributed by atoms with Gasteiger partial charge in [-0.25, -0.2) is 0 Å². The van der Waals surface area contributed by atoms with Gasteiger partial charge in [0.25, 0.3) is 0 Å². The number of ether oxygens (including phenoxy) is 1. The standard InChI is InChI=1S/C24H32N2O/c1-8-26-22-13-23(27-7)19(12-20(22)18(4)14-24(26,5)6)15-25-21-10-9-16(2)11-17(21)3/h9-13,15,18H,8,14H2,1-7H3. The summed E-state index contributed by atoms with van der Waals surface area (Å²) in [4.78, 5) is 7.24. The SMILES string of the molecule is CCN1c2cc(OC)c(C=Nc3ccc(C)cc3C)cc2C(C)CC1(C)C. The number of methoxy groups -OCH3 is 1. The van der Waals surface area contributed by atoms with Gasteiger partial charge in [0.1, 0.15) is 5.75 Å². The molecule has 1 atom stereocenters. The van der Waals surface area contributed by atoms with Crippen molar-refractivity contribution in [3.8, 4) is 5.75 Å². The Morgan fingerprint density at radius 3 is 2.59 bits per heavy atom. The monoisotopic (exact) mass is 364 g/mol. The second kappa shape index (κ2) is 7.38. The van der Waals surface area contributed by atoms with Gasteiger partial charge in [0.15, 0.2) is 0 Å². The van der Waals surface area contributed by atoms with Crippen LogP contribution in [-0.4, -0.2) is 25.4 Å². The van der Waals surface area contributed by atoms with Crippen LogP contribution < -0.4 is 9.64 Å². The Bertz CT molecular complexity index is 867. The average Bonchev–Trinajstić information content (AvgIpc) is 2.60. The first-order valence-corrected chi connectivity index (χ1v) is 9.87. The van der Waals surface area contributed by atoms with Crippen molar-refractivity contribution < 1.29 is 4.74 Å². The molecule has 1 heterocycles. The topological polar surface area (TPSA) is 24.8 Å². The molecule has 144 valence electrons. The number of benzene rings is 2. The molecule has 0 amide bonds. The van der Waals surface area contributed by atoms with Crippen LogP contribution >= 0.6 is 0 Å². The summed E-state index contributed by atoms with van der Waals surface area (Å²) in [6, 6.07) is 10.8. The molecule has 0 saturated heterocycles. The molecule has 0 N–H and O–H groups in total. The third-order valence-electron chi connectivity index (χ3n) is 5.75. The van der Waals surface area contributed by atoms with E-state index in [4.69, 9.17) is 9.73 Å². The summed E-state index contributed by atoms with van der Waals surface area (Å²) in [6.07, 6.45) is 3.09. The highest BCUT2D eigenvalue weighted by molar-refractivity contribution is 5.88. The lowest BCUT2D eigenvalue weighted by Gasteiger charge is -2.47. The summed E-state index contributed by atoms with van der Waals surface area (Å²) in [5, 5.41) is 0. The summed E-state index contributed by atoms with van der Waals surface area (Å²) < 4.78 is 5.73. The summed E-state index contributed by atoms with van der Waals surface area (Å²) in [5.41, 5.74) is 7.33. The molecule has 1 unspecified atom stereocenters. The first-order chi connectivity index (χ1) is 12.8. The first-order valence-electron chi connectivity index (χ1n) is 9.87. The van der Waals surface area contributed by atoms with Crippen molar-refractivity contribution in [3.05, 3.63) is 52.6 Å². The molecule has 0 bridgehead atoms. The van der Waals surface area contributed by atoms with Crippen LogP contribution in [0, 0.1) is 13.8 Å². The number of aryl methyl sites for hydroxylation is 2. The van der Waals surface area contributed by atoms with Crippen LogP contribution in [0.3, 0.4) is 0 Å². The second-order valence-corrected chi connectivity index (χ2v) is 8.36. The molecule has 0 fully saturated rings. The zero-order valence-electron chi connectivity index (χ0n) is 17.8. The van der Waals surface area contributed by atoms with E-state index in [-0.39, 0.29) is 5.54 Å². The van der Waals surface area contributed by atoms with Crippen LogP contribution in [0.1, 0.15) is 62.3 Å². The number of fused-ring (bicyclic) bond motifs is 1. The van der Waals surface area contributed by atoms with Crippen LogP contribution in [0.5, 0.6) is 5.75 Å². The normalized spacial score (nSPS) is 18.6. The Labute approximate surface area is 164 Å². The zero-order chi connectivity index (χ0) is 19.8. The molecule has 2 aromatic carbocycles. The van der Waals surface area contributed by atoms with Gasteiger partial charge in [0.05, 0.1) is 12.8 Å². The van der Waals surface area contributed by atoms with Gasteiger partial charge in [-0.05, 0) is 70.2 Å². The minimum atomic E-state index is 0.154. The van der Waals surface area contributed by atoms with E-state index in [2.05, 4.69) is 76.8 Å². The Morgan fingerprint density at radius 2 is 1.96 bits per heavy atom. The number of nitrogens with zero attached hydrogens (tertiary/aromatic N) is 2. The number of hydrogen-bond donors (Lipinski definition) is 0. The molecular weight excluding hydrogens is 332 g/mol. The minimum Gasteiger partial charge on any atom is -0.496 e. The molecule has 0 aromatic heterocycles. The Kier molecular flexibility index (Phi) is 5.32. The van der Waals surface area contributed by atoms with E-state index in [0.717, 1.165) is 30.0 Å². The average molecular weight is 365 g/mol. The van der Waals surface area contributed by atoms with Gasteiger partial charge >= 0.3 is 0 Å². The number of aliphatic imine (C=N–C) groups is 1. The molecule has 0 spiro atoms. The van der Waals surface area contributed by atoms with Gasteiger partial charge in [-0.15, -0.1) is 0 Å². The van der Waals surface area contributed by atoms with Crippen molar-refractivity contribution in [1.82, 2.24) is 0 Å². The van der Waals surface area contributed by atoms with E-state index in [9.17, 15) is 0 Å². The summed E-state index contributed by atoms with van der Waals surface area (Å²) in [5.74, 6) is 1.39. The van der Waals surface area contributed by atoms with Gasteiger partial charge in [-0.3, -0.25) is 4.99 Å². The molecule has 27 heavy (non-hydrogen) atoms. The smallest absolute Gasteiger partial charge is 0.129 e. The minimum absolute atomic E-state index is 0.154. The molecule has 3 heteroatoms. The lowest BCUT2D eigenvalue weighted by molar-refractivity contribution is 0.377. The molecule has 2 aromatic rings. The van der Waals surface area contributed by atoms with E-state index >= 15 is 0 Å². The van der Waals surface area contributed by atoms with Crippen molar-refractivity contribution in [2.24, 2.45) is 4.99 Å². The Morgan fingerprint density at radius 1 is 1.22 bits per heavy atom. The number of rotatable bonds is 4. The predicted octanol–water partition coefficient (Wildman–Crippen LogP) is 6.17. The van der Waals surface area contributed by atoms with Crippen LogP contribution in [0.2, 0.25) is 0 Å². The fraction of sp³-hybridized carbons (Fsp3) is 0.458. The molecular formula is C24H32N2O. The van der Waals surface area contributed by atoms with Crippen LogP contribution in [0.25, 0.3) is 0 Å². The largest absolute Gasteiger partial charge is 0.496 e. The van der Waals surface area contributed by atoms with Gasteiger partial charge < -0.3 is 9.64 Å². The van der Waals surface area contributed by atoms with Crippen LogP contribution in [-0.2, 0) is 0 Å². The fourth-order valence-electron chi connectivity index (χ4n) is 4.49. The van der Waals surface area contributed by atoms with Gasteiger partial charge in [-0.1, -0.05) is 24.6 Å². The van der Waals surface area contributed by atoms with Gasteiger partial charge in [0, 0.05) is 35.6 Å². The molecule has 0 radical (unpaired) electrons. The van der Waals surface area contributed by atoms with E-state index in [0.29, 0.717) is 5.92 Å². The third-order valence-corrected chi connectivity index (χ3v) is 5.75. The van der Waals surface area contributed by atoms with Gasteiger partial charge in [-0.2, -0.15) is 0 Å². The van der Waals surface area contributed by atoms with Crippen LogP contribution in [0.4, 0.5) is 11.4 Å². The van der Waals surface area contributed by atoms with Crippen molar-refractivity contribution >= 4 is 17.6 Å². The van der Waals surface area contributed by atoms with Crippen molar-refractivity contribution in [1.29, 1.82) is 0 Å². The predicted molar refractivity (Wildman–Crippen MR) is 116 cm³/mol. The highest BCUT2D eigenvalue weighted by Gasteiger charge is 2.36. The molecule has 0 aliphatic carbocycles. The lowest BCUT2D eigenvalue weighted by atomic mass is 9.79. The maximum Gasteiger partial charge on any atom is 0.129 e. The first kappa shape index (κ1) is 19.5. The molecule has 0 saturated carbocycles. The highest BCUT2D eigenvalue weighted by Crippen LogP contribution is 2.45. The highest BCUT2D eigenvalue weighted by atomic mass is 16.5. The van der Waals surface area contributed by atoms with E-state index < -0.39 is 0 Å². The summed E-state index contributed by atoms with van der Waals surface area (Å²) in [6.45, 7) is 14.4. The van der Waals surface area contributed by atoms with E-state index in [1.54, 1.807) is 7.11 Å². The maximum atomic E-state index is 5.73. The molecule has 1 aliphatic heterocycles. The lowest BCUT2D eigenvalue weighted by Crippen LogP contribution is -2.48. The van der Waals surface area contributed by atoms with E-state index in [1.165, 1.54) is 22.4 Å². The van der Waals surface area contributed by atoms with Gasteiger partial charge in [0.2, 0.25) is 0 Å². The van der Waals surface area contributed by atoms with Crippen LogP contribution in [0.15, 0.2) is 35.3 Å². The summed E-state index contributed by atoms with van der Waals surface area (Å²) >= 11 is 0. The fourth-order valence-corrected chi connectivity index (χ4v) is 4.49. The number of hydrogen-bond acceptors (Lipinski definition) is 3. The zero-order valence-corrected chi connectivity index (χ0v) is 17.8. The second-order valence-electron chi connectivity index (χ2n) is 8.36. The molecule has 3 rings (SSSR count). The Balaban J connectivity index is 2.05. The quantitative estimate of drug-likeness (QED) is 0.606. The molecule has 1 aliphatic rings. The third kappa shape index (κ3) is 3.73. The molecule has 3 nitrogen and oxygen atoms in total. The maximum absolute atomic E-state index is 5.73. The van der Waals surface area contributed by atoms with Crippen molar-refractivity contribution in [3.63, 3.8) is 0 Å². The van der Waals surface area contributed by atoms with Crippen molar-refractivity contribution in [2.75, 3.05) is 18.6 Å².